The van der Waals surface area contributed by atoms with E-state index in [4.69, 9.17) is 11.6 Å². The summed E-state index contributed by atoms with van der Waals surface area (Å²) in [5, 5.41) is 4.21. The highest BCUT2D eigenvalue weighted by Gasteiger charge is 2.23. The van der Waals surface area contributed by atoms with Gasteiger partial charge in [-0.2, -0.15) is 0 Å². The first-order chi connectivity index (χ1) is 8.20. The summed E-state index contributed by atoms with van der Waals surface area (Å²) in [7, 11) is 2.05. The highest BCUT2D eigenvalue weighted by molar-refractivity contribution is 6.30. The van der Waals surface area contributed by atoms with Crippen molar-refractivity contribution in [2.45, 2.75) is 31.8 Å². The second-order valence-corrected chi connectivity index (χ2v) is 5.29. The van der Waals surface area contributed by atoms with Gasteiger partial charge in [0.25, 0.3) is 0 Å². The summed E-state index contributed by atoms with van der Waals surface area (Å²) < 4.78 is 0. The molecule has 0 bridgehead atoms. The Kier molecular flexibility index (Phi) is 6.44. The van der Waals surface area contributed by atoms with Crippen LogP contribution in [0.1, 0.15) is 31.4 Å². The maximum atomic E-state index is 6.05. The van der Waals surface area contributed by atoms with Crippen LogP contribution in [0.2, 0.25) is 5.02 Å². The molecule has 1 aliphatic rings. The van der Waals surface area contributed by atoms with E-state index in [2.05, 4.69) is 36.3 Å². The normalized spacial score (nSPS) is 22.3. The van der Waals surface area contributed by atoms with E-state index >= 15 is 0 Å². The summed E-state index contributed by atoms with van der Waals surface area (Å²) >= 11 is 6.05. The van der Waals surface area contributed by atoms with E-state index in [1.165, 1.54) is 24.9 Å². The number of piperidine rings is 1. The minimum atomic E-state index is 0. The van der Waals surface area contributed by atoms with E-state index in [1.807, 2.05) is 12.1 Å². The number of benzene rings is 1. The van der Waals surface area contributed by atoms with Gasteiger partial charge < -0.3 is 5.32 Å². The first-order valence-corrected chi connectivity index (χ1v) is 6.75. The molecule has 1 fully saturated rings. The van der Waals surface area contributed by atoms with Crippen LogP contribution in [-0.4, -0.2) is 31.1 Å². The molecule has 1 N–H and O–H groups in total. The Morgan fingerprint density at radius 2 is 2.22 bits per heavy atom. The molecular weight excluding hydrogens is 267 g/mol. The van der Waals surface area contributed by atoms with E-state index in [0.29, 0.717) is 12.1 Å². The van der Waals surface area contributed by atoms with Crippen molar-refractivity contribution >= 4 is 24.0 Å². The lowest BCUT2D eigenvalue weighted by atomic mass is 10.0. The lowest BCUT2D eigenvalue weighted by Crippen LogP contribution is -2.45. The number of nitrogens with one attached hydrogen (secondary N) is 1. The maximum Gasteiger partial charge on any atom is 0.0409 e. The van der Waals surface area contributed by atoms with Crippen LogP contribution in [0, 0.1) is 0 Å². The Balaban J connectivity index is 0.00000162. The Morgan fingerprint density at radius 3 is 2.89 bits per heavy atom. The second kappa shape index (κ2) is 7.34. The van der Waals surface area contributed by atoms with E-state index in [0.717, 1.165) is 11.6 Å². The predicted octanol–water partition coefficient (Wildman–Crippen LogP) is 3.51. The zero-order valence-electron chi connectivity index (χ0n) is 11.0. The van der Waals surface area contributed by atoms with E-state index < -0.39 is 0 Å². The van der Waals surface area contributed by atoms with Crippen LogP contribution < -0.4 is 5.32 Å². The molecule has 1 aliphatic heterocycles. The Bertz CT molecular complexity index is 371. The Labute approximate surface area is 121 Å². The van der Waals surface area contributed by atoms with Gasteiger partial charge in [0.2, 0.25) is 0 Å². The van der Waals surface area contributed by atoms with E-state index in [1.54, 1.807) is 0 Å². The van der Waals surface area contributed by atoms with Crippen LogP contribution in [0.15, 0.2) is 24.3 Å². The number of rotatable bonds is 3. The lowest BCUT2D eigenvalue weighted by Gasteiger charge is -2.37. The number of hydrogen-bond acceptors (Lipinski definition) is 2. The smallest absolute Gasteiger partial charge is 0.0409 e. The number of likely N-dealkylation sites (N-methyl/N-ethyl adjacent to an activating group) is 1. The second-order valence-electron chi connectivity index (χ2n) is 4.85. The third-order valence-corrected chi connectivity index (χ3v) is 3.97. The van der Waals surface area contributed by atoms with Gasteiger partial charge in [-0.15, -0.1) is 12.4 Å². The highest BCUT2D eigenvalue weighted by Crippen LogP contribution is 2.25. The first kappa shape index (κ1) is 15.8. The molecule has 0 aromatic heterocycles. The van der Waals surface area contributed by atoms with Crippen molar-refractivity contribution in [3.05, 3.63) is 34.9 Å². The maximum absolute atomic E-state index is 6.05. The van der Waals surface area contributed by atoms with E-state index in [-0.39, 0.29) is 12.4 Å². The molecule has 4 heteroatoms. The average Bonchev–Trinajstić information content (AvgIpc) is 2.38. The highest BCUT2D eigenvalue weighted by atomic mass is 35.5. The predicted molar refractivity (Wildman–Crippen MR) is 80.8 cm³/mol. The molecule has 0 radical (unpaired) electrons. The van der Waals surface area contributed by atoms with Gasteiger partial charge in [0.05, 0.1) is 0 Å². The van der Waals surface area contributed by atoms with Crippen molar-refractivity contribution in [2.75, 3.05) is 20.1 Å². The van der Waals surface area contributed by atoms with Crippen LogP contribution >= 0.6 is 24.0 Å². The summed E-state index contributed by atoms with van der Waals surface area (Å²) in [5.41, 5.74) is 1.31. The summed E-state index contributed by atoms with van der Waals surface area (Å²) in [5.74, 6) is 0. The molecule has 1 heterocycles. The first-order valence-electron chi connectivity index (χ1n) is 6.37. The van der Waals surface area contributed by atoms with Crippen LogP contribution in [0.3, 0.4) is 0 Å². The largest absolute Gasteiger partial charge is 0.316 e. The van der Waals surface area contributed by atoms with Gasteiger partial charge in [-0.1, -0.05) is 23.7 Å². The van der Waals surface area contributed by atoms with Crippen molar-refractivity contribution in [1.29, 1.82) is 0 Å². The fourth-order valence-electron chi connectivity index (χ4n) is 2.57. The van der Waals surface area contributed by atoms with Crippen LogP contribution in [-0.2, 0) is 0 Å². The summed E-state index contributed by atoms with van der Waals surface area (Å²) in [6.07, 6.45) is 2.56. The Morgan fingerprint density at radius 1 is 1.44 bits per heavy atom. The standard InChI is InChI=1S/C14H21ClN2.ClH/c1-11(12-5-3-6-13(15)9-12)17-8-4-7-14(10-17)16-2;/h3,5-6,9,11,14,16H,4,7-8,10H2,1-2H3;1H. The zero-order chi connectivity index (χ0) is 12.3. The molecule has 0 aliphatic carbocycles. The molecule has 0 spiro atoms. The van der Waals surface area contributed by atoms with Gasteiger partial charge in [-0.05, 0) is 51.1 Å². The van der Waals surface area contributed by atoms with E-state index in [9.17, 15) is 0 Å². The van der Waals surface area contributed by atoms with Crippen molar-refractivity contribution in [2.24, 2.45) is 0 Å². The monoisotopic (exact) mass is 288 g/mol. The average molecular weight is 289 g/mol. The van der Waals surface area contributed by atoms with Crippen molar-refractivity contribution in [3.63, 3.8) is 0 Å². The molecule has 18 heavy (non-hydrogen) atoms. The topological polar surface area (TPSA) is 15.3 Å². The Hall–Kier alpha value is -0.280. The lowest BCUT2D eigenvalue weighted by molar-refractivity contribution is 0.149. The molecule has 102 valence electrons. The molecule has 1 aromatic rings. The summed E-state index contributed by atoms with van der Waals surface area (Å²) in [4.78, 5) is 2.54. The fraction of sp³-hybridized carbons (Fsp3) is 0.571. The molecule has 0 saturated carbocycles. The van der Waals surface area contributed by atoms with Crippen LogP contribution in [0.25, 0.3) is 0 Å². The van der Waals surface area contributed by atoms with Crippen molar-refractivity contribution in [3.8, 4) is 0 Å². The van der Waals surface area contributed by atoms with Gasteiger partial charge in [0.15, 0.2) is 0 Å². The van der Waals surface area contributed by atoms with Gasteiger partial charge >= 0.3 is 0 Å². The minimum Gasteiger partial charge on any atom is -0.316 e. The van der Waals surface area contributed by atoms with Crippen LogP contribution in [0.4, 0.5) is 0 Å². The van der Waals surface area contributed by atoms with Gasteiger partial charge in [0.1, 0.15) is 0 Å². The van der Waals surface area contributed by atoms with Crippen molar-refractivity contribution < 1.29 is 0 Å². The van der Waals surface area contributed by atoms with Crippen molar-refractivity contribution in [1.82, 2.24) is 10.2 Å². The molecule has 1 aromatic carbocycles. The summed E-state index contributed by atoms with van der Waals surface area (Å²) in [6, 6.07) is 9.29. The molecule has 2 nitrogen and oxygen atoms in total. The minimum absolute atomic E-state index is 0. The zero-order valence-corrected chi connectivity index (χ0v) is 12.6. The van der Waals surface area contributed by atoms with Gasteiger partial charge in [0, 0.05) is 23.7 Å². The molecule has 2 rings (SSSR count). The summed E-state index contributed by atoms with van der Waals surface area (Å²) in [6.45, 7) is 4.58. The number of halogens is 2. The molecule has 0 amide bonds. The quantitative estimate of drug-likeness (QED) is 0.916. The molecular formula is C14H22Cl2N2. The van der Waals surface area contributed by atoms with Gasteiger partial charge in [-0.25, -0.2) is 0 Å². The number of nitrogens with zero attached hydrogens (tertiary/aromatic N) is 1. The number of likely N-dealkylation sites (tertiary alicyclic amines) is 1. The third-order valence-electron chi connectivity index (χ3n) is 3.74. The number of hydrogen-bond donors (Lipinski definition) is 1. The third kappa shape index (κ3) is 3.86. The van der Waals surface area contributed by atoms with Gasteiger partial charge in [-0.3, -0.25) is 4.90 Å². The molecule has 2 atom stereocenters. The molecule has 1 saturated heterocycles. The fourth-order valence-corrected chi connectivity index (χ4v) is 2.77. The SMILES string of the molecule is CNC1CCCN(C(C)c2cccc(Cl)c2)C1.Cl. The van der Waals surface area contributed by atoms with Crippen LogP contribution in [0.5, 0.6) is 0 Å². The molecule has 2 unspecified atom stereocenters.